The van der Waals surface area contributed by atoms with Crippen LogP contribution in [0.4, 0.5) is 4.79 Å². The molecule has 0 unspecified atom stereocenters. The minimum atomic E-state index is -4.19. The highest BCUT2D eigenvalue weighted by Gasteiger charge is 2.44. The molecule has 2 aromatic carbocycles. The number of rotatable bonds is 14. The number of aliphatic hydroxyl groups excluding tert-OH is 1. The van der Waals surface area contributed by atoms with Crippen LogP contribution in [0.3, 0.4) is 0 Å². The first-order chi connectivity index (χ1) is 22.9. The van der Waals surface area contributed by atoms with Gasteiger partial charge in [-0.2, -0.15) is 9.57 Å². The maximum atomic E-state index is 14.3. The van der Waals surface area contributed by atoms with Gasteiger partial charge in [-0.25, -0.2) is 13.2 Å². The molecule has 3 aliphatic rings. The van der Waals surface area contributed by atoms with Crippen molar-refractivity contribution in [2.24, 2.45) is 16.3 Å². The summed E-state index contributed by atoms with van der Waals surface area (Å²) in [6.07, 6.45) is 0.273. The van der Waals surface area contributed by atoms with E-state index in [4.69, 9.17) is 28.9 Å². The molecule has 2 fully saturated rings. The Balaban J connectivity index is 1.37. The first-order valence-corrected chi connectivity index (χ1v) is 17.4. The highest BCUT2D eigenvalue weighted by Crippen LogP contribution is 2.36. The Bertz CT molecular complexity index is 1600. The molecule has 5 atom stereocenters. The van der Waals surface area contributed by atoms with Gasteiger partial charge in [0.2, 0.25) is 16.8 Å². The number of ether oxygens (including phenoxy) is 5. The first-order valence-electron chi connectivity index (χ1n) is 15.9. The molecule has 0 aromatic heterocycles. The summed E-state index contributed by atoms with van der Waals surface area (Å²) >= 11 is 0. The Morgan fingerprint density at radius 2 is 1.96 bits per heavy atom. The topological polar surface area (TPSA) is 181 Å². The third-order valence-corrected chi connectivity index (χ3v) is 10.5. The largest absolute Gasteiger partial charge is 0.454 e. The molecular formula is C33H43N5O9S. The molecule has 0 radical (unpaired) electrons. The molecule has 0 saturated carbocycles. The third kappa shape index (κ3) is 8.94. The second-order valence-electron chi connectivity index (χ2n) is 12.9. The van der Waals surface area contributed by atoms with Gasteiger partial charge in [-0.3, -0.25) is 10.3 Å². The lowest BCUT2D eigenvalue weighted by molar-refractivity contribution is -0.0907. The second-order valence-corrected chi connectivity index (χ2v) is 14.8. The molecule has 15 heteroatoms. The monoisotopic (exact) mass is 685 g/mol. The minimum absolute atomic E-state index is 0.0147. The van der Waals surface area contributed by atoms with E-state index in [1.807, 2.05) is 50.4 Å². The number of fused-ring (bicyclic) bond motifs is 2. The first kappa shape index (κ1) is 35.4. The Morgan fingerprint density at radius 3 is 2.73 bits per heavy atom. The van der Waals surface area contributed by atoms with Crippen LogP contribution >= 0.6 is 0 Å². The molecule has 2 aromatic rings. The molecule has 1 amide bonds. The molecule has 3 heterocycles. The zero-order valence-electron chi connectivity index (χ0n) is 27.3. The van der Waals surface area contributed by atoms with E-state index in [9.17, 15) is 18.3 Å². The molecular weight excluding hydrogens is 642 g/mol. The van der Waals surface area contributed by atoms with E-state index < -0.39 is 46.1 Å². The van der Waals surface area contributed by atoms with E-state index >= 15 is 0 Å². The fourth-order valence-electron chi connectivity index (χ4n) is 5.99. The van der Waals surface area contributed by atoms with Crippen molar-refractivity contribution >= 4 is 22.0 Å². The van der Waals surface area contributed by atoms with Gasteiger partial charge in [0.15, 0.2) is 24.0 Å². The van der Waals surface area contributed by atoms with Crippen molar-refractivity contribution in [1.29, 1.82) is 5.26 Å². The summed E-state index contributed by atoms with van der Waals surface area (Å²) in [4.78, 5) is 17.5. The summed E-state index contributed by atoms with van der Waals surface area (Å²) in [5.74, 6) is 1.13. The number of benzene rings is 2. The van der Waals surface area contributed by atoms with Gasteiger partial charge in [0.25, 0.3) is 0 Å². The van der Waals surface area contributed by atoms with Crippen LogP contribution in [0.15, 0.2) is 58.4 Å². The number of nitriles is 1. The molecule has 3 aliphatic heterocycles. The molecule has 5 rings (SSSR count). The van der Waals surface area contributed by atoms with Crippen molar-refractivity contribution in [3.05, 3.63) is 54.1 Å². The van der Waals surface area contributed by atoms with Crippen molar-refractivity contribution in [2.75, 3.05) is 39.6 Å². The van der Waals surface area contributed by atoms with Crippen molar-refractivity contribution in [1.82, 2.24) is 14.9 Å². The van der Waals surface area contributed by atoms with E-state index in [0.29, 0.717) is 43.3 Å². The summed E-state index contributed by atoms with van der Waals surface area (Å²) in [6.45, 7) is 6.24. The van der Waals surface area contributed by atoms with Gasteiger partial charge < -0.3 is 34.1 Å². The number of sulfonamides is 1. The van der Waals surface area contributed by atoms with Crippen molar-refractivity contribution in [2.45, 2.75) is 69.5 Å². The van der Waals surface area contributed by atoms with E-state index in [1.54, 1.807) is 6.92 Å². The Hall–Kier alpha value is -3.94. The quantitative estimate of drug-likeness (QED) is 0.115. The van der Waals surface area contributed by atoms with Gasteiger partial charge >= 0.3 is 6.09 Å². The third-order valence-electron chi connectivity index (χ3n) is 8.66. The lowest BCUT2D eigenvalue weighted by Crippen LogP contribution is -2.52. The van der Waals surface area contributed by atoms with Crippen LogP contribution in [0, 0.1) is 22.8 Å². The van der Waals surface area contributed by atoms with Crippen molar-refractivity contribution in [3.63, 3.8) is 0 Å². The van der Waals surface area contributed by atoms with E-state index in [-0.39, 0.29) is 43.7 Å². The van der Waals surface area contributed by atoms with Crippen LogP contribution in [0.5, 0.6) is 11.5 Å². The Labute approximate surface area is 281 Å². The number of aliphatic hydroxyl groups is 1. The molecule has 14 nitrogen and oxygen atoms in total. The maximum Gasteiger partial charge on any atom is 0.407 e. The average molecular weight is 686 g/mol. The van der Waals surface area contributed by atoms with E-state index in [1.165, 1.54) is 22.5 Å². The number of nitrogens with one attached hydrogen (secondary N) is 2. The number of carbonyl (C=O) groups excluding carboxylic acids is 1. The van der Waals surface area contributed by atoms with Crippen LogP contribution < -0.4 is 20.1 Å². The molecule has 2 saturated heterocycles. The predicted octanol–water partition coefficient (Wildman–Crippen LogP) is 2.77. The normalized spacial score (nSPS) is 21.8. The summed E-state index contributed by atoms with van der Waals surface area (Å²) < 4.78 is 57.4. The average Bonchev–Trinajstić information content (AvgIpc) is 3.79. The Kier molecular flexibility index (Phi) is 11.4. The molecule has 260 valence electrons. The molecule has 48 heavy (non-hydrogen) atoms. The molecule has 3 N–H and O–H groups in total. The molecule has 0 bridgehead atoms. The number of amides is 1. The lowest BCUT2D eigenvalue weighted by Gasteiger charge is -2.35. The smallest absolute Gasteiger partial charge is 0.407 e. The van der Waals surface area contributed by atoms with Gasteiger partial charge in [0.05, 0.1) is 36.2 Å². The summed E-state index contributed by atoms with van der Waals surface area (Å²) in [7, 11) is -4.19. The highest BCUT2D eigenvalue weighted by molar-refractivity contribution is 7.89. The fraction of sp³-hybridized carbons (Fsp3) is 0.545. The Morgan fingerprint density at radius 1 is 1.19 bits per heavy atom. The lowest BCUT2D eigenvalue weighted by atomic mass is 9.89. The van der Waals surface area contributed by atoms with Gasteiger partial charge in [0.1, 0.15) is 11.9 Å². The van der Waals surface area contributed by atoms with Gasteiger partial charge in [0, 0.05) is 25.7 Å². The maximum absolute atomic E-state index is 14.3. The van der Waals surface area contributed by atoms with Crippen LogP contribution in [0.1, 0.15) is 39.2 Å². The van der Waals surface area contributed by atoms with Crippen molar-refractivity contribution in [3.8, 4) is 17.7 Å². The van der Waals surface area contributed by atoms with E-state index in [2.05, 4.69) is 15.6 Å². The second kappa shape index (κ2) is 15.5. The summed E-state index contributed by atoms with van der Waals surface area (Å²) in [5.41, 5.74) is 0.225. The number of nitrogens with zero attached hydrogens (tertiary/aromatic N) is 3. The summed E-state index contributed by atoms with van der Waals surface area (Å²) in [6, 6.07) is 12.8. The molecule has 0 spiro atoms. The van der Waals surface area contributed by atoms with Crippen LogP contribution in [-0.4, -0.2) is 93.9 Å². The zero-order chi connectivity index (χ0) is 34.3. The minimum Gasteiger partial charge on any atom is -0.454 e. The van der Waals surface area contributed by atoms with E-state index in [0.717, 1.165) is 5.56 Å². The van der Waals surface area contributed by atoms with Gasteiger partial charge in [-0.05, 0) is 49.3 Å². The SMILES string of the molecule is CC(=NCCC(C)(C)CN(C[C@@H](O)[C@H](Cc1ccccc1)NC(=O)O[C@H]1CO[C@H]2OCC[C@H]21)S(=O)(=O)c1ccc2c(c1)OCO2)NC#N. The van der Waals surface area contributed by atoms with Crippen molar-refractivity contribution < 1.29 is 42.0 Å². The number of amidine groups is 1. The van der Waals surface area contributed by atoms with Gasteiger partial charge in [-0.15, -0.1) is 0 Å². The standard InChI is InChI=1S/C33H43N5O9S/c1-22(36-20-34)35-13-12-33(2,3)19-38(48(41,42)24-9-10-28-29(16-24)46-21-45-28)17-27(39)26(15-23-7-5-4-6-8-23)37-32(40)47-30-18-44-31-25(30)11-14-43-31/h4-10,16,25-27,30-31,39H,11-15,17-19,21H2,1-3H3,(H,35,36)(H,37,40)/t25-,26-,27+,30-,31+/m0/s1. The van der Waals surface area contributed by atoms with Crippen LogP contribution in [0.25, 0.3) is 0 Å². The number of hydrogen-bond donors (Lipinski definition) is 3. The number of hydrogen-bond acceptors (Lipinski definition) is 11. The van der Waals surface area contributed by atoms with Gasteiger partial charge in [-0.1, -0.05) is 44.2 Å². The molecule has 0 aliphatic carbocycles. The predicted molar refractivity (Wildman–Crippen MR) is 174 cm³/mol. The summed E-state index contributed by atoms with van der Waals surface area (Å²) in [5, 5.41) is 25.9. The van der Waals surface area contributed by atoms with Crippen LogP contribution in [0.2, 0.25) is 0 Å². The highest BCUT2D eigenvalue weighted by atomic mass is 32.2. The zero-order valence-corrected chi connectivity index (χ0v) is 28.1. The number of alkyl carbamates (subject to hydrolysis) is 1. The van der Waals surface area contributed by atoms with Crippen LogP contribution in [-0.2, 0) is 30.7 Å². The number of carbonyl (C=O) groups is 1. The number of aliphatic imine (C=N–C) groups is 1. The fourth-order valence-corrected chi connectivity index (χ4v) is 7.66.